The molecule has 0 atom stereocenters. The average molecular weight is 321 g/mol. The molecular weight excluding hydrogens is 306 g/mol. The van der Waals surface area contributed by atoms with Gasteiger partial charge >= 0.3 is 5.97 Å². The molecule has 2 aromatic rings. The molecule has 0 aliphatic rings. The Balaban J connectivity index is 2.79. The number of nitrogens with zero attached hydrogens (tertiary/aromatic N) is 2. The summed E-state index contributed by atoms with van der Waals surface area (Å²) in [6.45, 7) is 0. The van der Waals surface area contributed by atoms with Crippen molar-refractivity contribution in [2.24, 2.45) is 0 Å². The fraction of sp³-hybridized carbons (Fsp3) is 0.143. The van der Waals surface area contributed by atoms with Gasteiger partial charge in [0.05, 0.1) is 10.5 Å². The molecule has 1 aromatic carbocycles. The lowest BCUT2D eigenvalue weighted by Crippen LogP contribution is -2.23. The van der Waals surface area contributed by atoms with Crippen molar-refractivity contribution in [1.29, 1.82) is 0 Å². The highest BCUT2D eigenvalue weighted by Crippen LogP contribution is 2.31. The van der Waals surface area contributed by atoms with Crippen molar-refractivity contribution < 1.29 is 18.3 Å². The molecule has 22 heavy (non-hydrogen) atoms. The molecule has 0 aliphatic carbocycles. The van der Waals surface area contributed by atoms with Crippen molar-refractivity contribution in [1.82, 2.24) is 9.29 Å². The van der Waals surface area contributed by atoms with Gasteiger partial charge in [-0.3, -0.25) is 0 Å². The van der Waals surface area contributed by atoms with Gasteiger partial charge in [-0.25, -0.2) is 22.5 Å². The number of anilines is 1. The molecular formula is C14H15N3O4S. The number of nitrogens with two attached hydrogens (primary N) is 1. The Kier molecular flexibility index (Phi) is 4.16. The third-order valence-corrected chi connectivity index (χ3v) is 4.96. The van der Waals surface area contributed by atoms with Crippen LogP contribution in [0.4, 0.5) is 5.82 Å². The minimum atomic E-state index is -3.73. The minimum Gasteiger partial charge on any atom is -0.478 e. The molecule has 1 aromatic heterocycles. The van der Waals surface area contributed by atoms with Crippen LogP contribution >= 0.6 is 0 Å². The quantitative estimate of drug-likeness (QED) is 0.877. The van der Waals surface area contributed by atoms with Crippen LogP contribution in [0.2, 0.25) is 0 Å². The Morgan fingerprint density at radius 1 is 1.23 bits per heavy atom. The van der Waals surface area contributed by atoms with E-state index in [2.05, 4.69) is 4.98 Å². The lowest BCUT2D eigenvalue weighted by atomic mass is 10.0. The van der Waals surface area contributed by atoms with Crippen molar-refractivity contribution in [2.45, 2.75) is 4.90 Å². The summed E-state index contributed by atoms with van der Waals surface area (Å²) >= 11 is 0. The maximum atomic E-state index is 12.4. The second-order valence-corrected chi connectivity index (χ2v) is 6.86. The second kappa shape index (κ2) is 5.74. The Morgan fingerprint density at radius 2 is 1.86 bits per heavy atom. The lowest BCUT2D eigenvalue weighted by molar-refractivity contribution is 0.0697. The number of aromatic carboxylic acids is 1. The van der Waals surface area contributed by atoms with E-state index in [4.69, 9.17) is 5.73 Å². The van der Waals surface area contributed by atoms with Gasteiger partial charge in [0, 0.05) is 31.4 Å². The van der Waals surface area contributed by atoms with Crippen LogP contribution in [0.25, 0.3) is 11.1 Å². The van der Waals surface area contributed by atoms with Crippen molar-refractivity contribution in [3.63, 3.8) is 0 Å². The molecule has 0 amide bonds. The summed E-state index contributed by atoms with van der Waals surface area (Å²) in [5, 5.41) is 9.31. The zero-order chi connectivity index (χ0) is 16.5. The summed E-state index contributed by atoms with van der Waals surface area (Å²) in [6, 6.07) is 7.37. The zero-order valence-corrected chi connectivity index (χ0v) is 12.8. The second-order valence-electron chi connectivity index (χ2n) is 4.74. The predicted molar refractivity (Wildman–Crippen MR) is 81.9 cm³/mol. The van der Waals surface area contributed by atoms with Crippen LogP contribution in [-0.4, -0.2) is 42.9 Å². The molecule has 2 rings (SSSR count). The molecule has 3 N–H and O–H groups in total. The van der Waals surface area contributed by atoms with E-state index in [0.717, 1.165) is 4.31 Å². The van der Waals surface area contributed by atoms with E-state index in [1.54, 1.807) is 12.1 Å². The molecule has 7 nitrogen and oxygen atoms in total. The molecule has 0 radical (unpaired) electrons. The number of pyridine rings is 1. The first kappa shape index (κ1) is 15.9. The van der Waals surface area contributed by atoms with Crippen LogP contribution < -0.4 is 5.73 Å². The number of rotatable bonds is 4. The SMILES string of the molecule is CN(C)S(=O)(=O)c1ccccc1-c1cnc(N)cc1C(=O)O. The maximum absolute atomic E-state index is 12.4. The van der Waals surface area contributed by atoms with Crippen LogP contribution in [0, 0.1) is 0 Å². The van der Waals surface area contributed by atoms with Gasteiger partial charge in [-0.2, -0.15) is 0 Å². The number of aromatic nitrogens is 1. The van der Waals surface area contributed by atoms with E-state index in [9.17, 15) is 18.3 Å². The molecule has 8 heteroatoms. The topological polar surface area (TPSA) is 114 Å². The van der Waals surface area contributed by atoms with Crippen LogP contribution in [0.1, 0.15) is 10.4 Å². The van der Waals surface area contributed by atoms with Gasteiger partial charge < -0.3 is 10.8 Å². The number of hydrogen-bond donors (Lipinski definition) is 2. The molecule has 0 fully saturated rings. The first-order chi connectivity index (χ1) is 10.2. The Morgan fingerprint density at radius 3 is 2.45 bits per heavy atom. The smallest absolute Gasteiger partial charge is 0.336 e. The summed E-state index contributed by atoms with van der Waals surface area (Å²) in [5.41, 5.74) is 5.87. The molecule has 116 valence electrons. The van der Waals surface area contributed by atoms with Crippen molar-refractivity contribution in [3.8, 4) is 11.1 Å². The van der Waals surface area contributed by atoms with Crippen LogP contribution in [-0.2, 0) is 10.0 Å². The minimum absolute atomic E-state index is 0.00840. The molecule has 0 saturated carbocycles. The first-order valence-corrected chi connectivity index (χ1v) is 7.70. The van der Waals surface area contributed by atoms with E-state index in [1.807, 2.05) is 0 Å². The predicted octanol–water partition coefficient (Wildman–Crippen LogP) is 1.28. The lowest BCUT2D eigenvalue weighted by Gasteiger charge is -2.16. The number of hydrogen-bond acceptors (Lipinski definition) is 5. The zero-order valence-electron chi connectivity index (χ0n) is 12.0. The summed E-state index contributed by atoms with van der Waals surface area (Å²) in [5.74, 6) is -1.16. The Labute approximate surface area is 128 Å². The third kappa shape index (κ3) is 2.78. The van der Waals surface area contributed by atoms with E-state index < -0.39 is 16.0 Å². The average Bonchev–Trinajstić information content (AvgIpc) is 2.47. The van der Waals surface area contributed by atoms with Gasteiger partial charge in [0.2, 0.25) is 10.0 Å². The highest BCUT2D eigenvalue weighted by Gasteiger charge is 2.24. The van der Waals surface area contributed by atoms with Crippen molar-refractivity contribution in [3.05, 3.63) is 42.1 Å². The van der Waals surface area contributed by atoms with E-state index in [1.165, 1.54) is 38.5 Å². The van der Waals surface area contributed by atoms with E-state index >= 15 is 0 Å². The number of carboxylic acid groups (broad SMARTS) is 1. The number of nitrogen functional groups attached to an aromatic ring is 1. The standard InChI is InChI=1S/C14H15N3O4S/c1-17(2)22(20,21)12-6-4-3-5-9(12)11-8-16-13(15)7-10(11)14(18)19/h3-8H,1-2H3,(H2,15,16)(H,18,19). The highest BCUT2D eigenvalue weighted by molar-refractivity contribution is 7.89. The van der Waals surface area contributed by atoms with Crippen LogP contribution in [0.15, 0.2) is 41.4 Å². The van der Waals surface area contributed by atoms with Gasteiger partial charge in [0.1, 0.15) is 5.82 Å². The molecule has 0 unspecified atom stereocenters. The summed E-state index contributed by atoms with van der Waals surface area (Å²) in [6.07, 6.45) is 1.27. The maximum Gasteiger partial charge on any atom is 0.336 e. The summed E-state index contributed by atoms with van der Waals surface area (Å²) in [7, 11) is -0.911. The van der Waals surface area contributed by atoms with Crippen molar-refractivity contribution >= 4 is 21.8 Å². The fourth-order valence-corrected chi connectivity index (χ4v) is 3.07. The van der Waals surface area contributed by atoms with E-state index in [-0.39, 0.29) is 27.4 Å². The molecule has 1 heterocycles. The van der Waals surface area contributed by atoms with Gasteiger partial charge in [0.15, 0.2) is 0 Å². The number of carbonyl (C=O) groups is 1. The largest absolute Gasteiger partial charge is 0.478 e. The summed E-state index contributed by atoms with van der Waals surface area (Å²) < 4.78 is 25.9. The van der Waals surface area contributed by atoms with Gasteiger partial charge in [-0.05, 0) is 12.1 Å². The molecule has 0 saturated heterocycles. The number of benzene rings is 1. The normalized spacial score (nSPS) is 11.6. The highest BCUT2D eigenvalue weighted by atomic mass is 32.2. The summed E-state index contributed by atoms with van der Waals surface area (Å²) in [4.78, 5) is 15.3. The molecule has 0 spiro atoms. The first-order valence-electron chi connectivity index (χ1n) is 6.26. The fourth-order valence-electron chi connectivity index (χ4n) is 1.97. The van der Waals surface area contributed by atoms with Gasteiger partial charge in [-0.15, -0.1) is 0 Å². The van der Waals surface area contributed by atoms with Crippen LogP contribution in [0.3, 0.4) is 0 Å². The Bertz CT molecular complexity index is 832. The third-order valence-electron chi connectivity index (χ3n) is 3.09. The van der Waals surface area contributed by atoms with Crippen LogP contribution in [0.5, 0.6) is 0 Å². The van der Waals surface area contributed by atoms with Gasteiger partial charge in [-0.1, -0.05) is 18.2 Å². The monoisotopic (exact) mass is 321 g/mol. The molecule has 0 bridgehead atoms. The molecule has 0 aliphatic heterocycles. The van der Waals surface area contributed by atoms with Gasteiger partial charge in [0.25, 0.3) is 0 Å². The Hall–Kier alpha value is -2.45. The number of carboxylic acids is 1. The van der Waals surface area contributed by atoms with E-state index in [0.29, 0.717) is 0 Å². The van der Waals surface area contributed by atoms with Crippen molar-refractivity contribution in [2.75, 3.05) is 19.8 Å². The number of sulfonamides is 1.